The van der Waals surface area contributed by atoms with E-state index in [9.17, 15) is 9.18 Å². The van der Waals surface area contributed by atoms with Gasteiger partial charge in [0.25, 0.3) is 5.95 Å². The number of piperazine rings is 1. The van der Waals surface area contributed by atoms with Crippen molar-refractivity contribution in [1.29, 1.82) is 0 Å². The molecule has 0 saturated carbocycles. The number of urea groups is 1. The minimum absolute atomic E-state index is 0.258. The Morgan fingerprint density at radius 1 is 0.943 bits per heavy atom. The molecule has 11 heteroatoms. The number of guanidine groups is 1. The van der Waals surface area contributed by atoms with Crippen LogP contribution in [0.4, 0.5) is 26.5 Å². The Balaban J connectivity index is 1.52. The number of anilines is 2. The van der Waals surface area contributed by atoms with Crippen molar-refractivity contribution in [3.63, 3.8) is 0 Å². The first-order valence-electron chi connectivity index (χ1n) is 11.0. The van der Waals surface area contributed by atoms with Gasteiger partial charge >= 0.3 is 6.03 Å². The van der Waals surface area contributed by atoms with E-state index in [2.05, 4.69) is 30.5 Å². The van der Waals surface area contributed by atoms with Crippen LogP contribution in [0.1, 0.15) is 11.4 Å². The van der Waals surface area contributed by atoms with Crippen LogP contribution in [-0.2, 0) is 0 Å². The van der Waals surface area contributed by atoms with Crippen molar-refractivity contribution in [2.24, 2.45) is 4.99 Å². The first kappa shape index (κ1) is 24.7. The lowest BCUT2D eigenvalue weighted by atomic mass is 10.2. The van der Waals surface area contributed by atoms with Gasteiger partial charge in [-0.2, -0.15) is 4.99 Å². The van der Waals surface area contributed by atoms with Crippen LogP contribution >= 0.6 is 23.2 Å². The summed E-state index contributed by atoms with van der Waals surface area (Å²) in [6.07, 6.45) is 0. The molecule has 0 unspecified atom stereocenters. The van der Waals surface area contributed by atoms with Crippen LogP contribution < -0.4 is 15.5 Å². The third kappa shape index (κ3) is 6.58. The number of hydrogen-bond acceptors (Lipinski definition) is 5. The maximum Gasteiger partial charge on any atom is 0.326 e. The van der Waals surface area contributed by atoms with E-state index in [1.807, 2.05) is 24.8 Å². The van der Waals surface area contributed by atoms with Gasteiger partial charge in [0.2, 0.25) is 5.96 Å². The molecule has 1 saturated heterocycles. The quantitative estimate of drug-likeness (QED) is 0.371. The second kappa shape index (κ2) is 10.9. The highest BCUT2D eigenvalue weighted by Crippen LogP contribution is 2.25. The molecular weight excluding hydrogens is 492 g/mol. The summed E-state index contributed by atoms with van der Waals surface area (Å²) in [5, 5.41) is 6.29. The molecule has 3 aromatic rings. The molecule has 1 aromatic heterocycles. The van der Waals surface area contributed by atoms with Crippen LogP contribution in [0.2, 0.25) is 10.0 Å². The third-order valence-corrected chi connectivity index (χ3v) is 6.09. The standard InChI is InChI=1S/C24H24Cl2FN7O/c1-15-13-16(2)29-22(28-15)31-23(32-24(35)30-18-5-8-20(25)21(26)14-18)34-11-9-33(10-12-34)19-6-3-17(27)4-7-19/h3-8,13-14H,9-12H2,1-2H3,(H2,28,29,30,31,32,35). The summed E-state index contributed by atoms with van der Waals surface area (Å²) in [5.41, 5.74) is 2.97. The first-order chi connectivity index (χ1) is 16.8. The van der Waals surface area contributed by atoms with Crippen molar-refractivity contribution in [2.45, 2.75) is 13.8 Å². The highest BCUT2D eigenvalue weighted by molar-refractivity contribution is 6.42. The zero-order chi connectivity index (χ0) is 24.9. The first-order valence-corrected chi connectivity index (χ1v) is 11.7. The Morgan fingerprint density at radius 3 is 2.23 bits per heavy atom. The second-order valence-electron chi connectivity index (χ2n) is 8.04. The molecule has 1 fully saturated rings. The van der Waals surface area contributed by atoms with E-state index in [1.54, 1.807) is 30.3 Å². The van der Waals surface area contributed by atoms with Crippen molar-refractivity contribution >= 4 is 52.5 Å². The highest BCUT2D eigenvalue weighted by Gasteiger charge is 2.22. The van der Waals surface area contributed by atoms with Crippen LogP contribution in [0, 0.1) is 19.7 Å². The predicted molar refractivity (Wildman–Crippen MR) is 137 cm³/mol. The average Bonchev–Trinajstić information content (AvgIpc) is 2.81. The van der Waals surface area contributed by atoms with Crippen molar-refractivity contribution < 1.29 is 9.18 Å². The maximum absolute atomic E-state index is 13.3. The highest BCUT2D eigenvalue weighted by atomic mass is 35.5. The Kier molecular flexibility index (Phi) is 7.67. The molecule has 0 atom stereocenters. The molecule has 0 aliphatic carbocycles. The number of carbonyl (C=O) groups excluding carboxylic acids is 1. The Hall–Kier alpha value is -3.43. The van der Waals surface area contributed by atoms with Gasteiger partial charge in [0.1, 0.15) is 5.82 Å². The summed E-state index contributed by atoms with van der Waals surface area (Å²) in [4.78, 5) is 30.2. The molecule has 2 amide bonds. The number of nitrogens with one attached hydrogen (secondary N) is 2. The van der Waals surface area contributed by atoms with Gasteiger partial charge in [-0.15, -0.1) is 0 Å². The molecule has 4 rings (SSSR count). The Bertz CT molecular complexity index is 1220. The number of benzene rings is 2. The van der Waals surface area contributed by atoms with E-state index in [0.717, 1.165) is 17.1 Å². The summed E-state index contributed by atoms with van der Waals surface area (Å²) in [6, 6.07) is 12.6. The van der Waals surface area contributed by atoms with Gasteiger partial charge in [-0.05, 0) is 62.4 Å². The van der Waals surface area contributed by atoms with Gasteiger partial charge in [-0.25, -0.2) is 19.2 Å². The summed E-state index contributed by atoms with van der Waals surface area (Å²) in [6.45, 7) is 6.20. The molecule has 2 aromatic carbocycles. The average molecular weight is 516 g/mol. The number of carbonyl (C=O) groups is 1. The van der Waals surface area contributed by atoms with Crippen molar-refractivity contribution in [3.05, 3.63) is 75.8 Å². The number of nitrogens with zero attached hydrogens (tertiary/aromatic N) is 5. The Morgan fingerprint density at radius 2 is 1.60 bits per heavy atom. The molecule has 8 nitrogen and oxygen atoms in total. The van der Waals surface area contributed by atoms with Crippen LogP contribution in [0.15, 0.2) is 53.5 Å². The molecular formula is C24H24Cl2FN7O. The number of aromatic nitrogens is 2. The van der Waals surface area contributed by atoms with Crippen LogP contribution in [0.5, 0.6) is 0 Å². The fourth-order valence-electron chi connectivity index (χ4n) is 3.70. The topological polar surface area (TPSA) is 85.7 Å². The van der Waals surface area contributed by atoms with Gasteiger partial charge in [-0.1, -0.05) is 23.2 Å². The van der Waals surface area contributed by atoms with E-state index < -0.39 is 6.03 Å². The number of halogens is 3. The van der Waals surface area contributed by atoms with Crippen LogP contribution in [-0.4, -0.2) is 53.0 Å². The van der Waals surface area contributed by atoms with E-state index >= 15 is 0 Å². The monoisotopic (exact) mass is 515 g/mol. The van der Waals surface area contributed by atoms with E-state index in [4.69, 9.17) is 23.2 Å². The summed E-state index contributed by atoms with van der Waals surface area (Å²) >= 11 is 12.0. The summed E-state index contributed by atoms with van der Waals surface area (Å²) < 4.78 is 13.3. The molecule has 182 valence electrons. The normalized spacial score (nSPS) is 14.1. The fourth-order valence-corrected chi connectivity index (χ4v) is 3.99. The molecule has 1 aliphatic heterocycles. The van der Waals surface area contributed by atoms with E-state index in [-0.39, 0.29) is 11.8 Å². The van der Waals surface area contributed by atoms with Crippen LogP contribution in [0.3, 0.4) is 0 Å². The molecule has 35 heavy (non-hydrogen) atoms. The van der Waals surface area contributed by atoms with Crippen molar-refractivity contribution in [2.75, 3.05) is 36.4 Å². The van der Waals surface area contributed by atoms with Gasteiger partial charge in [-0.3, -0.25) is 5.32 Å². The second-order valence-corrected chi connectivity index (χ2v) is 8.86. The Labute approximate surface area is 212 Å². The SMILES string of the molecule is Cc1cc(C)nc(/N=C(/NC(=O)Nc2ccc(Cl)c(Cl)c2)N2CCN(c3ccc(F)cc3)CC2)n1. The van der Waals surface area contributed by atoms with E-state index in [1.165, 1.54) is 12.1 Å². The van der Waals surface area contributed by atoms with Gasteiger partial charge in [0, 0.05) is 48.9 Å². The minimum atomic E-state index is -0.493. The fraction of sp³-hybridized carbons (Fsp3) is 0.250. The third-order valence-electron chi connectivity index (χ3n) is 5.35. The largest absolute Gasteiger partial charge is 0.368 e. The number of aliphatic imine (C=N–C) groups is 1. The lowest BCUT2D eigenvalue weighted by Gasteiger charge is -2.37. The molecule has 0 bridgehead atoms. The van der Waals surface area contributed by atoms with Crippen molar-refractivity contribution in [3.8, 4) is 0 Å². The summed E-state index contributed by atoms with van der Waals surface area (Å²) in [5.74, 6) is 0.312. The van der Waals surface area contributed by atoms with Gasteiger partial charge < -0.3 is 15.1 Å². The van der Waals surface area contributed by atoms with Crippen molar-refractivity contribution in [1.82, 2.24) is 20.2 Å². The zero-order valence-electron chi connectivity index (χ0n) is 19.2. The van der Waals surface area contributed by atoms with Gasteiger partial charge in [0.05, 0.1) is 10.0 Å². The molecule has 0 radical (unpaired) electrons. The lowest BCUT2D eigenvalue weighted by Crippen LogP contribution is -2.54. The lowest BCUT2D eigenvalue weighted by molar-refractivity contribution is 0.254. The predicted octanol–water partition coefficient (Wildman–Crippen LogP) is 5.17. The van der Waals surface area contributed by atoms with Crippen LogP contribution in [0.25, 0.3) is 0 Å². The van der Waals surface area contributed by atoms with E-state index in [0.29, 0.717) is 47.9 Å². The number of aryl methyl sites for hydroxylation is 2. The molecule has 2 N–H and O–H groups in total. The molecule has 1 aliphatic rings. The molecule has 2 heterocycles. The number of rotatable bonds is 3. The minimum Gasteiger partial charge on any atom is -0.368 e. The molecule has 0 spiro atoms. The summed E-state index contributed by atoms with van der Waals surface area (Å²) in [7, 11) is 0. The zero-order valence-corrected chi connectivity index (χ0v) is 20.7. The number of amides is 2. The number of hydrogen-bond donors (Lipinski definition) is 2. The van der Waals surface area contributed by atoms with Gasteiger partial charge in [0.15, 0.2) is 0 Å². The maximum atomic E-state index is 13.3. The smallest absolute Gasteiger partial charge is 0.326 e.